The monoisotopic (exact) mass is 814 g/mol. The molecule has 3 N–H and O–H groups in total. The van der Waals surface area contributed by atoms with Gasteiger partial charge in [-0.1, -0.05) is 33.8 Å². The van der Waals surface area contributed by atoms with Gasteiger partial charge in [0.15, 0.2) is 11.6 Å². The van der Waals surface area contributed by atoms with E-state index in [0.29, 0.717) is 24.8 Å². The Bertz CT molecular complexity index is 1440. The van der Waals surface area contributed by atoms with Gasteiger partial charge in [0.1, 0.15) is 11.2 Å². The molecule has 5 aliphatic heterocycles. The Labute approximate surface area is 338 Å². The maximum atomic E-state index is 12.6. The van der Waals surface area contributed by atoms with Crippen molar-refractivity contribution in [3.8, 4) is 0 Å². The van der Waals surface area contributed by atoms with Crippen LogP contribution in [0.5, 0.6) is 0 Å². The second-order valence-corrected chi connectivity index (χ2v) is 17.6. The summed E-state index contributed by atoms with van der Waals surface area (Å²) in [5.74, 6) is -6.33. The zero-order chi connectivity index (χ0) is 42.4. The van der Waals surface area contributed by atoms with E-state index in [2.05, 4.69) is 6.92 Å². The number of methoxy groups -OCH3 is 5. The van der Waals surface area contributed by atoms with Crippen molar-refractivity contribution in [1.29, 1.82) is 0 Å². The topological polar surface area (TPSA) is 187 Å². The highest BCUT2D eigenvalue weighted by Gasteiger charge is 2.69. The average Bonchev–Trinajstić information content (AvgIpc) is 3.93. The summed E-state index contributed by atoms with van der Waals surface area (Å²) in [6, 6.07) is 0. The zero-order valence-electron chi connectivity index (χ0n) is 36.2. The van der Waals surface area contributed by atoms with Gasteiger partial charge in [-0.2, -0.15) is 0 Å². The fourth-order valence-electron chi connectivity index (χ4n) is 10.8. The Hall–Kier alpha value is -1.60. The Morgan fingerprint density at radius 1 is 0.842 bits per heavy atom. The van der Waals surface area contributed by atoms with Gasteiger partial charge in [0.2, 0.25) is 11.9 Å². The van der Waals surface area contributed by atoms with Crippen molar-refractivity contribution in [3.63, 3.8) is 0 Å². The highest BCUT2D eigenvalue weighted by atomic mass is 16.7. The first-order valence-corrected chi connectivity index (χ1v) is 20.6. The van der Waals surface area contributed by atoms with Crippen molar-refractivity contribution in [2.45, 2.75) is 184 Å². The summed E-state index contributed by atoms with van der Waals surface area (Å²) in [5.41, 5.74) is -1.46. The van der Waals surface area contributed by atoms with E-state index < -0.39 is 71.3 Å². The third-order valence-electron chi connectivity index (χ3n) is 14.4. The van der Waals surface area contributed by atoms with Crippen molar-refractivity contribution in [3.05, 3.63) is 11.6 Å². The number of Topliss-reactive ketones (excluding diaryl/α,β-unsaturated/α-hetero) is 1. The predicted molar refractivity (Wildman–Crippen MR) is 205 cm³/mol. The second-order valence-electron chi connectivity index (χ2n) is 17.6. The van der Waals surface area contributed by atoms with Crippen molar-refractivity contribution in [2.24, 2.45) is 23.7 Å². The van der Waals surface area contributed by atoms with Crippen LogP contribution in [0, 0.1) is 23.7 Å². The molecule has 0 unspecified atom stereocenters. The fourth-order valence-corrected chi connectivity index (χ4v) is 10.8. The molecule has 5 heterocycles. The number of carbonyl (C=O) groups is 2. The minimum atomic E-state index is -2.37. The van der Waals surface area contributed by atoms with Gasteiger partial charge in [-0.15, -0.1) is 0 Å². The van der Waals surface area contributed by atoms with Crippen molar-refractivity contribution < 1.29 is 72.3 Å². The Kier molecular flexibility index (Phi) is 14.5. The minimum Gasteiger partial charge on any atom is -0.467 e. The minimum absolute atomic E-state index is 0.0211. The van der Waals surface area contributed by atoms with E-state index in [-0.39, 0.29) is 60.5 Å². The molecule has 5 fully saturated rings. The van der Waals surface area contributed by atoms with E-state index in [9.17, 15) is 24.9 Å². The van der Waals surface area contributed by atoms with E-state index in [1.165, 1.54) is 21.1 Å². The number of allylic oxidation sites excluding steroid dienone is 1. The van der Waals surface area contributed by atoms with Crippen LogP contribution in [-0.4, -0.2) is 153 Å². The maximum absolute atomic E-state index is 12.6. The van der Waals surface area contributed by atoms with Crippen LogP contribution in [0.15, 0.2) is 11.6 Å². The lowest BCUT2D eigenvalue weighted by molar-refractivity contribution is -0.389. The quantitative estimate of drug-likeness (QED) is 0.171. The SMILES string of the molecule is COC(=O)[C@H](O)[C@@]1(O)O[C@@H](C[C@@H]2C[C@@H](OC)[C@@H](C)[C@]3(O2)O[C@](C)([C@H]2CC[C@@H]([C@H]4CC[C@H]([C@@H](O)[C@@H](C)/C=C(\C)C(C)=O)O4)O2)[C@H](OC)[C@H]3C)[C@](C)(OC)[C@@H](OC)[C@@H]1C. The standard InChI is InChI=1S/C42H70O15/c1-21(26(6)43)18-22(2)34(44)30-15-14-28(53-30)29-16-17-32(54-29)40(8)37(50-11)25(5)42(57-40)23(3)31(48-9)19-27(55-42)20-33-39(7,52-13)36(49-10)24(4)41(47,56-33)35(45)38(46)51-12/h18,22-25,27-37,44-45,47H,14-17,19-20H2,1-13H3/b21-18+/t22-,23+,24-,25+,27-,28+,29-,30+,31+,32+,33-,34-,35-,36-,37+,39-,40+,41-,42-/m0/s1. The number of ketones is 1. The van der Waals surface area contributed by atoms with Gasteiger partial charge in [-0.25, -0.2) is 4.79 Å². The van der Waals surface area contributed by atoms with Crippen LogP contribution in [-0.2, 0) is 57.0 Å². The Morgan fingerprint density at radius 3 is 2.05 bits per heavy atom. The van der Waals surface area contributed by atoms with E-state index in [0.717, 1.165) is 20.0 Å². The fraction of sp³-hybridized carbons (Fsp3) is 0.905. The molecule has 5 saturated heterocycles. The smallest absolute Gasteiger partial charge is 0.340 e. The van der Waals surface area contributed by atoms with Gasteiger partial charge in [0, 0.05) is 65.0 Å². The van der Waals surface area contributed by atoms with Crippen LogP contribution in [0.3, 0.4) is 0 Å². The van der Waals surface area contributed by atoms with Crippen molar-refractivity contribution in [1.82, 2.24) is 0 Å². The highest BCUT2D eigenvalue weighted by Crippen LogP contribution is 2.57. The summed E-state index contributed by atoms with van der Waals surface area (Å²) in [4.78, 5) is 24.3. The van der Waals surface area contributed by atoms with Crippen molar-refractivity contribution >= 4 is 11.8 Å². The van der Waals surface area contributed by atoms with E-state index in [4.69, 9.17) is 47.4 Å². The molecule has 0 amide bonds. The number of rotatable bonds is 14. The first-order valence-electron chi connectivity index (χ1n) is 20.6. The summed E-state index contributed by atoms with van der Waals surface area (Å²) in [6.07, 6.45) is -1.72. The Balaban J connectivity index is 1.36. The zero-order valence-corrected chi connectivity index (χ0v) is 36.2. The number of esters is 1. The van der Waals surface area contributed by atoms with Crippen molar-refractivity contribution in [2.75, 3.05) is 35.5 Å². The summed E-state index contributed by atoms with van der Waals surface area (Å²) < 4.78 is 63.0. The lowest BCUT2D eigenvalue weighted by Gasteiger charge is -2.56. The van der Waals surface area contributed by atoms with Gasteiger partial charge >= 0.3 is 5.97 Å². The van der Waals surface area contributed by atoms with Crippen LogP contribution in [0.1, 0.15) is 93.9 Å². The lowest BCUT2D eigenvalue weighted by Crippen LogP contribution is -2.72. The first-order chi connectivity index (χ1) is 26.7. The summed E-state index contributed by atoms with van der Waals surface area (Å²) in [6.45, 7) is 14.7. The second kappa shape index (κ2) is 17.8. The van der Waals surface area contributed by atoms with E-state index in [1.54, 1.807) is 28.1 Å². The van der Waals surface area contributed by atoms with E-state index in [1.807, 2.05) is 33.8 Å². The maximum Gasteiger partial charge on any atom is 0.340 e. The lowest BCUT2D eigenvalue weighted by atomic mass is 9.73. The molecule has 1 spiro atoms. The molecule has 57 heavy (non-hydrogen) atoms. The average molecular weight is 815 g/mol. The Morgan fingerprint density at radius 2 is 1.47 bits per heavy atom. The normalized spacial score (nSPS) is 46.9. The molecular weight excluding hydrogens is 744 g/mol. The summed E-state index contributed by atoms with van der Waals surface area (Å²) in [7, 11) is 7.46. The third kappa shape index (κ3) is 8.15. The molecule has 5 aliphatic rings. The van der Waals surface area contributed by atoms with Gasteiger partial charge in [-0.3, -0.25) is 4.79 Å². The molecule has 0 bridgehead atoms. The molecule has 0 aliphatic carbocycles. The largest absolute Gasteiger partial charge is 0.467 e. The first kappa shape index (κ1) is 46.5. The predicted octanol–water partition coefficient (Wildman–Crippen LogP) is 3.26. The third-order valence-corrected chi connectivity index (χ3v) is 14.4. The molecule has 0 saturated carbocycles. The number of ether oxygens (including phenoxy) is 10. The molecule has 15 nitrogen and oxygen atoms in total. The number of aliphatic hydroxyl groups is 3. The molecule has 0 aromatic carbocycles. The van der Waals surface area contributed by atoms with Gasteiger partial charge < -0.3 is 62.7 Å². The molecule has 328 valence electrons. The molecule has 0 aromatic heterocycles. The number of aliphatic hydroxyl groups excluding tert-OH is 2. The molecule has 19 atom stereocenters. The number of hydrogen-bond acceptors (Lipinski definition) is 15. The van der Waals surface area contributed by atoms with Crippen LogP contribution >= 0.6 is 0 Å². The van der Waals surface area contributed by atoms with Crippen LogP contribution < -0.4 is 0 Å². The van der Waals surface area contributed by atoms with Gasteiger partial charge in [0.05, 0.1) is 68.1 Å². The van der Waals surface area contributed by atoms with Gasteiger partial charge in [-0.05, 0) is 59.0 Å². The molecule has 15 heteroatoms. The molecule has 0 radical (unpaired) electrons. The van der Waals surface area contributed by atoms with Crippen LogP contribution in [0.4, 0.5) is 0 Å². The number of carbonyl (C=O) groups excluding carboxylic acids is 2. The molecule has 0 aromatic rings. The molecular formula is C42H70O15. The molecule has 5 rings (SSSR count). The van der Waals surface area contributed by atoms with E-state index >= 15 is 0 Å². The highest BCUT2D eigenvalue weighted by molar-refractivity contribution is 5.92. The van der Waals surface area contributed by atoms with Crippen LogP contribution in [0.25, 0.3) is 0 Å². The number of hydrogen-bond donors (Lipinski definition) is 3. The van der Waals surface area contributed by atoms with Gasteiger partial charge in [0.25, 0.3) is 0 Å². The summed E-state index contributed by atoms with van der Waals surface area (Å²) >= 11 is 0. The van der Waals surface area contributed by atoms with Crippen LogP contribution in [0.2, 0.25) is 0 Å². The summed E-state index contributed by atoms with van der Waals surface area (Å²) in [5, 5.41) is 34.0.